The lowest BCUT2D eigenvalue weighted by molar-refractivity contribution is -0.181. The van der Waals surface area contributed by atoms with Crippen molar-refractivity contribution in [2.24, 2.45) is 0 Å². The third kappa shape index (κ3) is 3.12. The second-order valence-electron chi connectivity index (χ2n) is 10.0. The Morgan fingerprint density at radius 1 is 0.421 bits per heavy atom. The topological polar surface area (TPSA) is 0 Å². The van der Waals surface area contributed by atoms with Crippen LogP contribution in [0, 0.1) is 27.7 Å². The molecule has 4 aromatic carbocycles. The number of halogens is 6. The van der Waals surface area contributed by atoms with Crippen LogP contribution in [0.15, 0.2) is 84.9 Å². The van der Waals surface area contributed by atoms with Crippen molar-refractivity contribution in [1.29, 1.82) is 0 Å². The number of benzene rings is 4. The standard InChI is InChI=1S/C32H26F6/c1-19-20(2)22(4)28-27(21(19)3)29(31(33,34)35,23-13-7-5-8-14-23)25-17-11-12-18-26(25)30(28,32(36,37)38)24-15-9-6-10-16-24/h5-18H,1-4H3. The van der Waals surface area contributed by atoms with Gasteiger partial charge in [0.1, 0.15) is 10.8 Å². The molecule has 1 aliphatic carbocycles. The zero-order valence-electron chi connectivity index (χ0n) is 21.4. The van der Waals surface area contributed by atoms with Gasteiger partial charge in [-0.25, -0.2) is 0 Å². The van der Waals surface area contributed by atoms with Crippen molar-refractivity contribution < 1.29 is 26.3 Å². The van der Waals surface area contributed by atoms with E-state index in [0.717, 1.165) is 0 Å². The molecule has 0 saturated heterocycles. The lowest BCUT2D eigenvalue weighted by Gasteiger charge is -2.52. The van der Waals surface area contributed by atoms with E-state index in [1.807, 2.05) is 0 Å². The first-order valence-electron chi connectivity index (χ1n) is 12.3. The van der Waals surface area contributed by atoms with E-state index in [0.29, 0.717) is 11.1 Å². The molecular formula is C32H26F6. The van der Waals surface area contributed by atoms with E-state index in [4.69, 9.17) is 0 Å². The Morgan fingerprint density at radius 2 is 0.711 bits per heavy atom. The first-order valence-corrected chi connectivity index (χ1v) is 12.3. The van der Waals surface area contributed by atoms with Gasteiger partial charge < -0.3 is 0 Å². The van der Waals surface area contributed by atoms with Crippen LogP contribution in [0.4, 0.5) is 26.3 Å². The first-order chi connectivity index (χ1) is 17.8. The van der Waals surface area contributed by atoms with Gasteiger partial charge in [0.05, 0.1) is 0 Å². The summed E-state index contributed by atoms with van der Waals surface area (Å²) in [6.45, 7) is 6.40. The highest BCUT2D eigenvalue weighted by atomic mass is 19.4. The van der Waals surface area contributed by atoms with E-state index in [9.17, 15) is 0 Å². The summed E-state index contributed by atoms with van der Waals surface area (Å²) in [5, 5.41) is 0. The Morgan fingerprint density at radius 3 is 1.00 bits per heavy atom. The predicted octanol–water partition coefficient (Wildman–Crippen LogP) is 9.03. The van der Waals surface area contributed by atoms with Crippen LogP contribution in [-0.4, -0.2) is 12.4 Å². The molecule has 0 aromatic heterocycles. The Labute approximate surface area is 218 Å². The minimum absolute atomic E-state index is 0.115. The molecule has 0 fully saturated rings. The van der Waals surface area contributed by atoms with Crippen molar-refractivity contribution >= 4 is 0 Å². The highest BCUT2D eigenvalue weighted by Crippen LogP contribution is 2.66. The molecule has 0 spiro atoms. The van der Waals surface area contributed by atoms with E-state index < -0.39 is 34.3 Å². The molecule has 5 rings (SSSR count). The molecule has 6 heteroatoms. The van der Waals surface area contributed by atoms with Crippen LogP contribution >= 0.6 is 0 Å². The number of rotatable bonds is 2. The third-order valence-electron chi connectivity index (χ3n) is 8.44. The minimum Gasteiger partial charge on any atom is -0.169 e. The largest absolute Gasteiger partial charge is 0.406 e. The molecule has 0 bridgehead atoms. The smallest absolute Gasteiger partial charge is 0.169 e. The molecule has 0 nitrogen and oxygen atoms in total. The molecule has 2 unspecified atom stereocenters. The van der Waals surface area contributed by atoms with E-state index >= 15 is 26.3 Å². The van der Waals surface area contributed by atoms with E-state index in [2.05, 4.69) is 0 Å². The van der Waals surface area contributed by atoms with E-state index in [-0.39, 0.29) is 33.4 Å². The van der Waals surface area contributed by atoms with Crippen LogP contribution in [0.25, 0.3) is 0 Å². The Bertz CT molecular complexity index is 1400. The summed E-state index contributed by atoms with van der Waals surface area (Å²) in [5.41, 5.74) is -5.81. The van der Waals surface area contributed by atoms with Gasteiger partial charge in [-0.05, 0) is 83.3 Å². The number of hydrogen-bond donors (Lipinski definition) is 0. The summed E-state index contributed by atoms with van der Waals surface area (Å²) in [6, 6.07) is 19.9. The normalized spacial score (nSPS) is 21.1. The van der Waals surface area contributed by atoms with Crippen molar-refractivity contribution in [3.8, 4) is 0 Å². The molecule has 0 radical (unpaired) electrons. The van der Waals surface area contributed by atoms with Crippen molar-refractivity contribution in [2.75, 3.05) is 0 Å². The SMILES string of the molecule is Cc1c(C)c(C)c2c(c1C)C(c1ccccc1)(C(F)(F)F)c1ccccc1C2(c1ccccc1)C(F)(F)F. The summed E-state index contributed by atoms with van der Waals surface area (Å²) < 4.78 is 95.1. The highest BCUT2D eigenvalue weighted by molar-refractivity contribution is 5.74. The van der Waals surface area contributed by atoms with E-state index in [1.54, 1.807) is 26.0 Å². The first kappa shape index (κ1) is 26.1. The van der Waals surface area contributed by atoms with Gasteiger partial charge in [0.25, 0.3) is 0 Å². The van der Waals surface area contributed by atoms with Gasteiger partial charge in [-0.2, -0.15) is 26.3 Å². The van der Waals surface area contributed by atoms with Gasteiger partial charge in [-0.3, -0.25) is 0 Å². The summed E-state index contributed by atoms with van der Waals surface area (Å²) in [6.07, 6.45) is -9.90. The molecule has 4 aromatic rings. The maximum absolute atomic E-state index is 15.9. The van der Waals surface area contributed by atoms with Gasteiger partial charge in [-0.15, -0.1) is 0 Å². The minimum atomic E-state index is -4.95. The Hall–Kier alpha value is -3.54. The van der Waals surface area contributed by atoms with Gasteiger partial charge >= 0.3 is 12.4 Å². The van der Waals surface area contributed by atoms with Crippen LogP contribution in [-0.2, 0) is 10.8 Å². The van der Waals surface area contributed by atoms with Crippen molar-refractivity contribution in [1.82, 2.24) is 0 Å². The molecule has 0 aliphatic heterocycles. The fraction of sp³-hybridized carbons (Fsp3) is 0.250. The molecule has 0 N–H and O–H groups in total. The van der Waals surface area contributed by atoms with Crippen LogP contribution in [0.3, 0.4) is 0 Å². The third-order valence-corrected chi connectivity index (χ3v) is 8.44. The zero-order valence-corrected chi connectivity index (χ0v) is 21.4. The van der Waals surface area contributed by atoms with Gasteiger partial charge in [0.2, 0.25) is 0 Å². The fourth-order valence-corrected chi connectivity index (χ4v) is 6.55. The van der Waals surface area contributed by atoms with E-state index in [1.165, 1.54) is 86.6 Å². The van der Waals surface area contributed by atoms with Crippen LogP contribution in [0.5, 0.6) is 0 Å². The molecule has 2 atom stereocenters. The van der Waals surface area contributed by atoms with Crippen LogP contribution < -0.4 is 0 Å². The molecular weight excluding hydrogens is 498 g/mol. The maximum Gasteiger partial charge on any atom is 0.406 e. The monoisotopic (exact) mass is 524 g/mol. The summed E-state index contributed by atoms with van der Waals surface area (Å²) in [5.74, 6) is 0. The molecule has 196 valence electrons. The lowest BCUT2D eigenvalue weighted by Crippen LogP contribution is -2.57. The van der Waals surface area contributed by atoms with Gasteiger partial charge in [-0.1, -0.05) is 84.9 Å². The average Bonchev–Trinajstić information content (AvgIpc) is 2.88. The van der Waals surface area contributed by atoms with Crippen molar-refractivity contribution in [3.63, 3.8) is 0 Å². The summed E-state index contributed by atoms with van der Waals surface area (Å²) in [7, 11) is 0. The van der Waals surface area contributed by atoms with Gasteiger partial charge in [0, 0.05) is 0 Å². The Kier molecular flexibility index (Phi) is 5.82. The maximum atomic E-state index is 15.9. The fourth-order valence-electron chi connectivity index (χ4n) is 6.55. The Balaban J connectivity index is 2.19. The quantitative estimate of drug-likeness (QED) is 0.230. The predicted molar refractivity (Wildman–Crippen MR) is 137 cm³/mol. The molecule has 0 saturated carbocycles. The van der Waals surface area contributed by atoms with Crippen LogP contribution in [0.1, 0.15) is 55.6 Å². The van der Waals surface area contributed by atoms with Crippen molar-refractivity contribution in [2.45, 2.75) is 50.9 Å². The zero-order chi connectivity index (χ0) is 27.7. The summed E-state index contributed by atoms with van der Waals surface area (Å²) >= 11 is 0. The molecule has 1 aliphatic rings. The van der Waals surface area contributed by atoms with Gasteiger partial charge in [0.15, 0.2) is 0 Å². The molecule has 0 heterocycles. The second kappa shape index (κ2) is 8.48. The average molecular weight is 525 g/mol. The molecule has 0 amide bonds. The number of alkyl halides is 6. The van der Waals surface area contributed by atoms with Crippen LogP contribution in [0.2, 0.25) is 0 Å². The molecule has 38 heavy (non-hydrogen) atoms. The highest BCUT2D eigenvalue weighted by Gasteiger charge is 2.70. The number of fused-ring (bicyclic) bond motifs is 2. The lowest BCUT2D eigenvalue weighted by atomic mass is 9.51. The second-order valence-corrected chi connectivity index (χ2v) is 10.0. The number of hydrogen-bond acceptors (Lipinski definition) is 0. The van der Waals surface area contributed by atoms with Crippen molar-refractivity contribution in [3.05, 3.63) is 141 Å². The summed E-state index contributed by atoms with van der Waals surface area (Å²) in [4.78, 5) is 0.